The van der Waals surface area contributed by atoms with Gasteiger partial charge in [0.2, 0.25) is 0 Å². The summed E-state index contributed by atoms with van der Waals surface area (Å²) in [7, 11) is 0. The predicted octanol–water partition coefficient (Wildman–Crippen LogP) is 3.48. The predicted molar refractivity (Wildman–Crippen MR) is 66.2 cm³/mol. The highest BCUT2D eigenvalue weighted by atomic mass is 32.2. The van der Waals surface area contributed by atoms with E-state index in [-0.39, 0.29) is 5.56 Å². The summed E-state index contributed by atoms with van der Waals surface area (Å²) in [5.74, 6) is -0.624. The summed E-state index contributed by atoms with van der Waals surface area (Å²) in [5.41, 5.74) is -0.175. The topological polar surface area (TPSA) is 35.1 Å². The van der Waals surface area contributed by atoms with Crippen LogP contribution in [0.2, 0.25) is 0 Å². The zero-order chi connectivity index (χ0) is 14.8. The molecule has 19 heavy (non-hydrogen) atoms. The molecule has 108 valence electrons. The van der Waals surface area contributed by atoms with Crippen molar-refractivity contribution in [2.24, 2.45) is 0 Å². The summed E-state index contributed by atoms with van der Waals surface area (Å²) in [6, 6.07) is 1.85. The number of hydrogen-bond donors (Lipinski definition) is 1. The molecule has 1 N–H and O–H groups in total. The number of hydrogen-bond acceptors (Lipinski definition) is 2. The monoisotopic (exact) mass is 297 g/mol. The van der Waals surface area contributed by atoms with Crippen LogP contribution in [-0.2, 0) is 11.4 Å². The Bertz CT molecular complexity index is 413. The van der Waals surface area contributed by atoms with Crippen LogP contribution in [0, 0.1) is 5.82 Å². The third kappa shape index (κ3) is 4.67. The van der Waals surface area contributed by atoms with Gasteiger partial charge in [-0.3, -0.25) is 0 Å². The van der Waals surface area contributed by atoms with Crippen LogP contribution in [0.1, 0.15) is 32.4 Å². The SMILES string of the molecule is CC(C)(C)[S@+]([O-])N[C@H](c1ccc(F)cc1)C(F)(F)F. The Morgan fingerprint density at radius 1 is 1.11 bits per heavy atom. The van der Waals surface area contributed by atoms with Crippen LogP contribution in [0.15, 0.2) is 24.3 Å². The molecule has 0 saturated heterocycles. The zero-order valence-electron chi connectivity index (χ0n) is 10.7. The fourth-order valence-corrected chi connectivity index (χ4v) is 2.10. The van der Waals surface area contributed by atoms with Gasteiger partial charge in [-0.15, -0.1) is 4.72 Å². The second kappa shape index (κ2) is 5.68. The highest BCUT2D eigenvalue weighted by Crippen LogP contribution is 2.34. The van der Waals surface area contributed by atoms with Crippen LogP contribution >= 0.6 is 0 Å². The van der Waals surface area contributed by atoms with Crippen molar-refractivity contribution in [3.05, 3.63) is 35.6 Å². The minimum absolute atomic E-state index is 0.175. The first-order chi connectivity index (χ1) is 8.51. The molecule has 0 heterocycles. The van der Waals surface area contributed by atoms with E-state index in [4.69, 9.17) is 0 Å². The minimum atomic E-state index is -4.61. The minimum Gasteiger partial charge on any atom is -0.598 e. The second-order valence-electron chi connectivity index (χ2n) is 5.03. The fourth-order valence-electron chi connectivity index (χ4n) is 1.26. The van der Waals surface area contributed by atoms with Crippen molar-refractivity contribution in [1.82, 2.24) is 4.72 Å². The van der Waals surface area contributed by atoms with E-state index < -0.39 is 34.1 Å². The Morgan fingerprint density at radius 2 is 1.58 bits per heavy atom. The normalized spacial score (nSPS) is 16.2. The quantitative estimate of drug-likeness (QED) is 0.685. The van der Waals surface area contributed by atoms with Crippen molar-refractivity contribution in [2.75, 3.05) is 0 Å². The van der Waals surface area contributed by atoms with Gasteiger partial charge in [0, 0.05) is 11.4 Å². The largest absolute Gasteiger partial charge is 0.598 e. The van der Waals surface area contributed by atoms with Gasteiger partial charge in [-0.1, -0.05) is 12.1 Å². The molecular formula is C12H15F4NOS. The maximum absolute atomic E-state index is 13.0. The van der Waals surface area contributed by atoms with E-state index in [0.29, 0.717) is 0 Å². The van der Waals surface area contributed by atoms with E-state index in [2.05, 4.69) is 4.72 Å². The molecule has 1 aromatic rings. The number of benzene rings is 1. The van der Waals surface area contributed by atoms with Gasteiger partial charge < -0.3 is 4.55 Å². The van der Waals surface area contributed by atoms with Gasteiger partial charge in [-0.2, -0.15) is 13.2 Å². The summed E-state index contributed by atoms with van der Waals surface area (Å²) < 4.78 is 64.6. The molecule has 0 aliphatic heterocycles. The maximum atomic E-state index is 13.0. The molecule has 1 aromatic carbocycles. The van der Waals surface area contributed by atoms with E-state index >= 15 is 0 Å². The molecule has 0 radical (unpaired) electrons. The van der Waals surface area contributed by atoms with Crippen molar-refractivity contribution < 1.29 is 22.1 Å². The number of halogens is 4. The third-order valence-corrected chi connectivity index (χ3v) is 3.87. The molecule has 2 nitrogen and oxygen atoms in total. The van der Waals surface area contributed by atoms with E-state index in [9.17, 15) is 22.1 Å². The van der Waals surface area contributed by atoms with Crippen molar-refractivity contribution in [3.8, 4) is 0 Å². The van der Waals surface area contributed by atoms with Crippen LogP contribution in [0.4, 0.5) is 17.6 Å². The molecule has 7 heteroatoms. The first-order valence-electron chi connectivity index (χ1n) is 5.52. The highest BCUT2D eigenvalue weighted by Gasteiger charge is 2.45. The lowest BCUT2D eigenvalue weighted by Gasteiger charge is -2.29. The van der Waals surface area contributed by atoms with Crippen LogP contribution in [0.3, 0.4) is 0 Å². The first kappa shape index (κ1) is 16.3. The van der Waals surface area contributed by atoms with E-state index in [0.717, 1.165) is 24.3 Å². The number of rotatable bonds is 3. The molecule has 0 aromatic heterocycles. The standard InChI is InChI=1S/C12H15F4NOS/c1-11(2,3)19(18)17-10(12(14,15)16)8-4-6-9(13)7-5-8/h4-7,10,17H,1-3H3/t10-,19+/m1/s1. The molecule has 0 aliphatic carbocycles. The fraction of sp³-hybridized carbons (Fsp3) is 0.500. The van der Waals surface area contributed by atoms with Crippen molar-refractivity contribution in [1.29, 1.82) is 0 Å². The molecule has 0 saturated carbocycles. The van der Waals surface area contributed by atoms with Gasteiger partial charge in [0.15, 0.2) is 6.04 Å². The summed E-state index contributed by atoms with van der Waals surface area (Å²) in [6.45, 7) is 4.69. The molecule has 2 atom stereocenters. The van der Waals surface area contributed by atoms with Gasteiger partial charge in [0.05, 0.1) is 0 Å². The summed E-state index contributed by atoms with van der Waals surface area (Å²) in [5, 5.41) is 0. The molecular weight excluding hydrogens is 282 g/mol. The van der Waals surface area contributed by atoms with E-state index in [1.165, 1.54) is 0 Å². The molecule has 0 aliphatic rings. The Morgan fingerprint density at radius 3 is 1.95 bits per heavy atom. The lowest BCUT2D eigenvalue weighted by Crippen LogP contribution is -2.45. The highest BCUT2D eigenvalue weighted by molar-refractivity contribution is 7.90. The number of nitrogens with one attached hydrogen (secondary N) is 1. The Balaban J connectivity index is 3.00. The average Bonchev–Trinajstić information content (AvgIpc) is 2.24. The Hall–Kier alpha value is -0.790. The van der Waals surface area contributed by atoms with E-state index in [1.807, 2.05) is 0 Å². The second-order valence-corrected chi connectivity index (χ2v) is 7.02. The summed E-state index contributed by atoms with van der Waals surface area (Å²) >= 11 is -1.88. The van der Waals surface area contributed by atoms with Gasteiger partial charge in [-0.25, -0.2) is 4.39 Å². The summed E-state index contributed by atoms with van der Waals surface area (Å²) in [6.07, 6.45) is -4.61. The molecule has 0 spiro atoms. The van der Waals surface area contributed by atoms with Gasteiger partial charge in [0.1, 0.15) is 10.6 Å². The molecule has 0 fully saturated rings. The molecule has 0 amide bonds. The lowest BCUT2D eigenvalue weighted by molar-refractivity contribution is -0.153. The Kier molecular flexibility index (Phi) is 4.86. The molecule has 1 rings (SSSR count). The van der Waals surface area contributed by atoms with Crippen LogP contribution in [0.25, 0.3) is 0 Å². The van der Waals surface area contributed by atoms with Crippen molar-refractivity contribution in [2.45, 2.75) is 37.7 Å². The maximum Gasteiger partial charge on any atom is 0.412 e. The first-order valence-corrected chi connectivity index (χ1v) is 6.67. The lowest BCUT2D eigenvalue weighted by atomic mass is 10.1. The van der Waals surface area contributed by atoms with Gasteiger partial charge in [-0.05, 0) is 38.5 Å². The smallest absolute Gasteiger partial charge is 0.412 e. The third-order valence-electron chi connectivity index (χ3n) is 2.31. The molecule has 0 unspecified atom stereocenters. The van der Waals surface area contributed by atoms with Crippen LogP contribution < -0.4 is 4.72 Å². The van der Waals surface area contributed by atoms with Gasteiger partial charge >= 0.3 is 6.18 Å². The zero-order valence-corrected chi connectivity index (χ0v) is 11.5. The Labute approximate surface area is 112 Å². The molecule has 0 bridgehead atoms. The van der Waals surface area contributed by atoms with Crippen molar-refractivity contribution in [3.63, 3.8) is 0 Å². The van der Waals surface area contributed by atoms with Gasteiger partial charge in [0.25, 0.3) is 0 Å². The van der Waals surface area contributed by atoms with E-state index in [1.54, 1.807) is 20.8 Å². The average molecular weight is 297 g/mol. The summed E-state index contributed by atoms with van der Waals surface area (Å²) in [4.78, 5) is 0. The van der Waals surface area contributed by atoms with Crippen molar-refractivity contribution >= 4 is 11.4 Å². The van der Waals surface area contributed by atoms with Crippen LogP contribution in [0.5, 0.6) is 0 Å². The van der Waals surface area contributed by atoms with Crippen LogP contribution in [-0.4, -0.2) is 15.5 Å². The number of alkyl halides is 3.